The van der Waals surface area contributed by atoms with Crippen molar-refractivity contribution in [2.24, 2.45) is 5.41 Å². The number of hydrogen-bond donors (Lipinski definition) is 1. The van der Waals surface area contributed by atoms with Gasteiger partial charge in [0, 0.05) is 31.2 Å². The molecule has 2 nitrogen and oxygen atoms in total. The van der Waals surface area contributed by atoms with Gasteiger partial charge < -0.3 is 10.2 Å². The molecule has 0 radical (unpaired) electrons. The first kappa shape index (κ1) is 13.8. The molecule has 1 aliphatic heterocycles. The number of likely N-dealkylation sites (tertiary alicyclic amines) is 1. The van der Waals surface area contributed by atoms with Crippen molar-refractivity contribution in [3.05, 3.63) is 34.6 Å². The number of nitrogens with zero attached hydrogens (tertiary/aromatic N) is 1. The van der Waals surface area contributed by atoms with Crippen LogP contribution in [0, 0.1) is 11.2 Å². The Kier molecular flexibility index (Phi) is 3.95. The Hall–Kier alpha value is -0.640. The van der Waals surface area contributed by atoms with Crippen molar-refractivity contribution in [3.63, 3.8) is 0 Å². The lowest BCUT2D eigenvalue weighted by Crippen LogP contribution is -2.40. The van der Waals surface area contributed by atoms with E-state index in [-0.39, 0.29) is 16.3 Å². The predicted molar refractivity (Wildman–Crippen MR) is 73.3 cm³/mol. The Morgan fingerprint density at radius 1 is 1.50 bits per heavy atom. The summed E-state index contributed by atoms with van der Waals surface area (Å²) in [5.74, 6) is -0.309. The third kappa shape index (κ3) is 2.85. The van der Waals surface area contributed by atoms with E-state index >= 15 is 0 Å². The van der Waals surface area contributed by atoms with Gasteiger partial charge in [-0.3, -0.25) is 0 Å². The van der Waals surface area contributed by atoms with Crippen LogP contribution in [0.25, 0.3) is 0 Å². The second-order valence-electron chi connectivity index (χ2n) is 5.83. The van der Waals surface area contributed by atoms with Gasteiger partial charge in [0.05, 0.1) is 5.02 Å². The van der Waals surface area contributed by atoms with Crippen molar-refractivity contribution in [2.45, 2.75) is 26.4 Å². The van der Waals surface area contributed by atoms with Crippen molar-refractivity contribution >= 4 is 11.6 Å². The van der Waals surface area contributed by atoms with Crippen LogP contribution < -0.4 is 5.32 Å². The third-order valence-corrected chi connectivity index (χ3v) is 3.98. The quantitative estimate of drug-likeness (QED) is 0.909. The van der Waals surface area contributed by atoms with Crippen LogP contribution in [-0.2, 0) is 6.54 Å². The smallest absolute Gasteiger partial charge is 0.146 e. The lowest BCUT2D eigenvalue weighted by atomic mass is 9.88. The normalized spacial score (nSPS) is 23.5. The van der Waals surface area contributed by atoms with Crippen LogP contribution in [0.15, 0.2) is 18.2 Å². The monoisotopic (exact) mass is 270 g/mol. The average molecular weight is 271 g/mol. The molecule has 4 heteroatoms. The molecule has 1 N–H and O–H groups in total. The van der Waals surface area contributed by atoms with Crippen molar-refractivity contribution in [1.82, 2.24) is 10.2 Å². The first-order chi connectivity index (χ1) is 8.40. The second kappa shape index (κ2) is 5.16. The Morgan fingerprint density at radius 2 is 2.22 bits per heavy atom. The molecule has 1 aromatic rings. The van der Waals surface area contributed by atoms with Crippen LogP contribution in [0.3, 0.4) is 0 Å². The van der Waals surface area contributed by atoms with E-state index in [1.165, 1.54) is 0 Å². The molecule has 0 spiro atoms. The maximum Gasteiger partial charge on any atom is 0.146 e. The third-order valence-electron chi connectivity index (χ3n) is 3.69. The summed E-state index contributed by atoms with van der Waals surface area (Å²) in [6.45, 7) is 7.05. The standard InChI is InChI=1S/C14H20ClFN2/c1-14(2)9-18(3)8-12(14)17-7-10-5-4-6-11(15)13(10)16/h4-6,12,17H,7-9H2,1-3H3. The zero-order valence-corrected chi connectivity index (χ0v) is 11.9. The van der Waals surface area contributed by atoms with E-state index in [2.05, 4.69) is 31.1 Å². The minimum atomic E-state index is -0.309. The molecule has 0 bridgehead atoms. The van der Waals surface area contributed by atoms with Gasteiger partial charge in [-0.25, -0.2) is 4.39 Å². The molecule has 1 aliphatic rings. The van der Waals surface area contributed by atoms with Crippen molar-refractivity contribution in [1.29, 1.82) is 0 Å². The molecule has 1 heterocycles. The SMILES string of the molecule is CN1CC(NCc2cccc(Cl)c2F)C(C)(C)C1. The van der Waals surface area contributed by atoms with Gasteiger partial charge in [0.25, 0.3) is 0 Å². The van der Waals surface area contributed by atoms with Crippen LogP contribution in [0.5, 0.6) is 0 Å². The Balaban J connectivity index is 2.02. The zero-order chi connectivity index (χ0) is 13.3. The minimum Gasteiger partial charge on any atom is -0.308 e. The minimum absolute atomic E-state index is 0.192. The van der Waals surface area contributed by atoms with Crippen molar-refractivity contribution < 1.29 is 4.39 Å². The molecule has 100 valence electrons. The molecule has 1 fully saturated rings. The largest absolute Gasteiger partial charge is 0.308 e. The summed E-state index contributed by atoms with van der Waals surface area (Å²) in [4.78, 5) is 2.30. The van der Waals surface area contributed by atoms with Gasteiger partial charge in [0.2, 0.25) is 0 Å². The number of nitrogens with one attached hydrogen (secondary N) is 1. The second-order valence-corrected chi connectivity index (χ2v) is 6.24. The number of likely N-dealkylation sites (N-methyl/N-ethyl adjacent to an activating group) is 1. The first-order valence-electron chi connectivity index (χ1n) is 6.25. The fraction of sp³-hybridized carbons (Fsp3) is 0.571. The molecule has 1 saturated heterocycles. The Labute approximate surface area is 113 Å². The molecule has 1 atom stereocenters. The summed E-state index contributed by atoms with van der Waals surface area (Å²) < 4.78 is 13.8. The maximum atomic E-state index is 13.8. The fourth-order valence-electron chi connectivity index (χ4n) is 2.69. The molecule has 1 unspecified atom stereocenters. The van der Waals surface area contributed by atoms with Crippen LogP contribution in [0.1, 0.15) is 19.4 Å². The summed E-state index contributed by atoms with van der Waals surface area (Å²) in [7, 11) is 2.11. The van der Waals surface area contributed by atoms with E-state index in [9.17, 15) is 4.39 Å². The summed E-state index contributed by atoms with van der Waals surface area (Å²) in [6, 6.07) is 5.52. The lowest BCUT2D eigenvalue weighted by Gasteiger charge is -2.26. The van der Waals surface area contributed by atoms with Crippen molar-refractivity contribution in [2.75, 3.05) is 20.1 Å². The molecule has 0 aromatic heterocycles. The van der Waals surface area contributed by atoms with E-state index in [0.717, 1.165) is 13.1 Å². The van der Waals surface area contributed by atoms with Crippen LogP contribution in [-0.4, -0.2) is 31.1 Å². The molecule has 0 aliphatic carbocycles. The number of rotatable bonds is 3. The van der Waals surface area contributed by atoms with Gasteiger partial charge in [0.1, 0.15) is 5.82 Å². The van der Waals surface area contributed by atoms with Gasteiger partial charge in [-0.1, -0.05) is 37.6 Å². The number of hydrogen-bond acceptors (Lipinski definition) is 2. The van der Waals surface area contributed by atoms with Crippen LogP contribution in [0.4, 0.5) is 4.39 Å². The highest BCUT2D eigenvalue weighted by Gasteiger charge is 2.37. The highest BCUT2D eigenvalue weighted by atomic mass is 35.5. The van der Waals surface area contributed by atoms with Gasteiger partial charge in [-0.15, -0.1) is 0 Å². The Morgan fingerprint density at radius 3 is 2.83 bits per heavy atom. The molecular weight excluding hydrogens is 251 g/mol. The average Bonchev–Trinajstić information content (AvgIpc) is 2.54. The van der Waals surface area contributed by atoms with Gasteiger partial charge in [-0.05, 0) is 18.5 Å². The molecule has 2 rings (SSSR count). The first-order valence-corrected chi connectivity index (χ1v) is 6.63. The fourth-order valence-corrected chi connectivity index (χ4v) is 2.88. The van der Waals surface area contributed by atoms with E-state index in [1.54, 1.807) is 18.2 Å². The predicted octanol–water partition coefficient (Wildman–Crippen LogP) is 2.91. The lowest BCUT2D eigenvalue weighted by molar-refractivity contribution is 0.296. The van der Waals surface area contributed by atoms with Gasteiger partial charge in [-0.2, -0.15) is 0 Å². The highest BCUT2D eigenvalue weighted by molar-refractivity contribution is 6.30. The van der Waals surface area contributed by atoms with Crippen LogP contribution >= 0.6 is 11.6 Å². The molecule has 1 aromatic carbocycles. The molecule has 18 heavy (non-hydrogen) atoms. The topological polar surface area (TPSA) is 15.3 Å². The number of halogens is 2. The van der Waals surface area contributed by atoms with Gasteiger partial charge in [0.15, 0.2) is 0 Å². The van der Waals surface area contributed by atoms with Crippen LogP contribution in [0.2, 0.25) is 5.02 Å². The molecule has 0 amide bonds. The molecular formula is C14H20ClFN2. The zero-order valence-electron chi connectivity index (χ0n) is 11.1. The van der Waals surface area contributed by atoms with E-state index in [0.29, 0.717) is 18.2 Å². The Bertz CT molecular complexity index is 434. The van der Waals surface area contributed by atoms with E-state index in [4.69, 9.17) is 11.6 Å². The summed E-state index contributed by atoms with van der Waals surface area (Å²) >= 11 is 5.78. The molecule has 0 saturated carbocycles. The van der Waals surface area contributed by atoms with Crippen molar-refractivity contribution in [3.8, 4) is 0 Å². The highest BCUT2D eigenvalue weighted by Crippen LogP contribution is 2.29. The van der Waals surface area contributed by atoms with Gasteiger partial charge >= 0.3 is 0 Å². The maximum absolute atomic E-state index is 13.8. The summed E-state index contributed by atoms with van der Waals surface area (Å²) in [5, 5.41) is 3.64. The van der Waals surface area contributed by atoms with E-state index < -0.39 is 0 Å². The summed E-state index contributed by atoms with van der Waals surface area (Å²) in [6.07, 6.45) is 0. The number of benzene rings is 1. The van der Waals surface area contributed by atoms with E-state index in [1.807, 2.05) is 0 Å². The summed E-state index contributed by atoms with van der Waals surface area (Å²) in [5.41, 5.74) is 0.844.